The zero-order chi connectivity index (χ0) is 12.3. The molecule has 1 heterocycles. The molecule has 1 saturated heterocycles. The molecule has 0 aromatic heterocycles. The normalized spacial score (nSPS) is 29.5. The van der Waals surface area contributed by atoms with Crippen LogP contribution in [0.2, 0.25) is 0 Å². The van der Waals surface area contributed by atoms with Crippen LogP contribution in [-0.2, 0) is 4.74 Å². The van der Waals surface area contributed by atoms with Gasteiger partial charge in [-0.3, -0.25) is 0 Å². The van der Waals surface area contributed by atoms with Crippen molar-refractivity contribution >= 4 is 0 Å². The molecule has 1 atom stereocenters. The zero-order valence-corrected chi connectivity index (χ0v) is 11.7. The fraction of sp³-hybridized carbons (Fsp3) is 1.00. The van der Waals surface area contributed by atoms with Crippen molar-refractivity contribution in [2.24, 2.45) is 11.3 Å². The van der Waals surface area contributed by atoms with Crippen LogP contribution < -0.4 is 5.32 Å². The molecule has 100 valence electrons. The first-order chi connectivity index (χ1) is 8.11. The molecule has 1 aliphatic heterocycles. The van der Waals surface area contributed by atoms with Crippen LogP contribution in [0.5, 0.6) is 0 Å². The first-order valence-electron chi connectivity index (χ1n) is 7.10. The Hall–Kier alpha value is -0.120. The second-order valence-corrected chi connectivity index (χ2v) is 6.47. The van der Waals surface area contributed by atoms with Crippen molar-refractivity contribution in [1.29, 1.82) is 0 Å². The summed E-state index contributed by atoms with van der Waals surface area (Å²) in [5.41, 5.74) is 0.367. The van der Waals surface area contributed by atoms with Crippen molar-refractivity contribution in [3.05, 3.63) is 0 Å². The number of hydrogen-bond donors (Lipinski definition) is 1. The maximum Gasteiger partial charge on any atom is 0.0547 e. The highest BCUT2D eigenvalue weighted by atomic mass is 16.5. The smallest absolute Gasteiger partial charge is 0.0547 e. The molecule has 1 aliphatic carbocycles. The molecule has 0 spiro atoms. The fourth-order valence-electron chi connectivity index (χ4n) is 2.77. The monoisotopic (exact) mass is 240 g/mol. The molecule has 0 aromatic carbocycles. The summed E-state index contributed by atoms with van der Waals surface area (Å²) < 4.78 is 5.65. The molecule has 17 heavy (non-hydrogen) atoms. The van der Waals surface area contributed by atoms with Crippen LogP contribution >= 0.6 is 0 Å². The first kappa shape index (κ1) is 13.3. The van der Waals surface area contributed by atoms with E-state index >= 15 is 0 Å². The molecule has 0 aromatic rings. The van der Waals surface area contributed by atoms with Crippen molar-refractivity contribution in [3.63, 3.8) is 0 Å². The second-order valence-electron chi connectivity index (χ2n) is 6.47. The minimum atomic E-state index is 0.367. The molecular weight excluding hydrogens is 212 g/mol. The molecule has 2 rings (SSSR count). The van der Waals surface area contributed by atoms with Crippen molar-refractivity contribution < 1.29 is 4.74 Å². The van der Waals surface area contributed by atoms with Crippen molar-refractivity contribution in [2.45, 2.75) is 39.2 Å². The predicted molar refractivity (Wildman–Crippen MR) is 71.2 cm³/mol. The zero-order valence-electron chi connectivity index (χ0n) is 11.7. The van der Waals surface area contributed by atoms with Crippen molar-refractivity contribution in [3.8, 4) is 0 Å². The summed E-state index contributed by atoms with van der Waals surface area (Å²) in [5, 5.41) is 3.63. The third-order valence-corrected chi connectivity index (χ3v) is 3.99. The van der Waals surface area contributed by atoms with Gasteiger partial charge >= 0.3 is 0 Å². The van der Waals surface area contributed by atoms with Crippen LogP contribution in [-0.4, -0.2) is 50.8 Å². The number of nitrogens with zero attached hydrogens (tertiary/aromatic N) is 1. The predicted octanol–water partition coefficient (Wildman–Crippen LogP) is 1.73. The molecule has 1 unspecified atom stereocenters. The van der Waals surface area contributed by atoms with Gasteiger partial charge in [-0.25, -0.2) is 0 Å². The lowest BCUT2D eigenvalue weighted by Crippen LogP contribution is -2.44. The molecule has 2 fully saturated rings. The van der Waals surface area contributed by atoms with Gasteiger partial charge in [-0.15, -0.1) is 0 Å². The van der Waals surface area contributed by atoms with E-state index < -0.39 is 0 Å². The molecular formula is C14H28N2O. The van der Waals surface area contributed by atoms with Gasteiger partial charge in [-0.2, -0.15) is 0 Å². The molecule has 0 radical (unpaired) electrons. The number of rotatable bonds is 7. The van der Waals surface area contributed by atoms with E-state index in [1.54, 1.807) is 0 Å². The molecule has 3 heteroatoms. The third-order valence-electron chi connectivity index (χ3n) is 3.99. The Kier molecular flexibility index (Phi) is 4.45. The molecule has 0 amide bonds. The maximum absolute atomic E-state index is 5.65. The van der Waals surface area contributed by atoms with E-state index in [4.69, 9.17) is 4.74 Å². The maximum atomic E-state index is 5.65. The summed E-state index contributed by atoms with van der Waals surface area (Å²) in [7, 11) is 2.28. The van der Waals surface area contributed by atoms with E-state index in [2.05, 4.69) is 31.1 Å². The summed E-state index contributed by atoms with van der Waals surface area (Å²) in [6, 6.07) is 0.859. The van der Waals surface area contributed by atoms with E-state index in [0.717, 1.165) is 38.3 Å². The highest BCUT2D eigenvalue weighted by Gasteiger charge is 2.38. The Morgan fingerprint density at radius 1 is 1.41 bits per heavy atom. The van der Waals surface area contributed by atoms with Crippen LogP contribution in [0.25, 0.3) is 0 Å². The highest BCUT2D eigenvalue weighted by molar-refractivity contribution is 4.92. The fourth-order valence-corrected chi connectivity index (χ4v) is 2.77. The van der Waals surface area contributed by atoms with Crippen LogP contribution in [0.4, 0.5) is 0 Å². The minimum absolute atomic E-state index is 0.367. The van der Waals surface area contributed by atoms with Gasteiger partial charge in [0.1, 0.15) is 0 Å². The SMILES string of the molecule is CC(C)CNCC1(CN(C)C2CC2)CCOC1. The van der Waals surface area contributed by atoms with Gasteiger partial charge in [-0.05, 0) is 38.8 Å². The quantitative estimate of drug-likeness (QED) is 0.733. The van der Waals surface area contributed by atoms with E-state index in [0.29, 0.717) is 5.41 Å². The summed E-state index contributed by atoms with van der Waals surface area (Å²) in [6.45, 7) is 9.85. The Balaban J connectivity index is 1.80. The van der Waals surface area contributed by atoms with Crippen molar-refractivity contribution in [1.82, 2.24) is 10.2 Å². The summed E-state index contributed by atoms with van der Waals surface area (Å²) in [4.78, 5) is 2.55. The molecule has 1 N–H and O–H groups in total. The van der Waals surface area contributed by atoms with Gasteiger partial charge in [0.15, 0.2) is 0 Å². The van der Waals surface area contributed by atoms with Gasteiger partial charge < -0.3 is 15.0 Å². The second kappa shape index (κ2) is 5.68. The van der Waals surface area contributed by atoms with Crippen LogP contribution in [0.1, 0.15) is 33.1 Å². The topological polar surface area (TPSA) is 24.5 Å². The van der Waals surface area contributed by atoms with Gasteiger partial charge in [0.25, 0.3) is 0 Å². The average molecular weight is 240 g/mol. The molecule has 1 saturated carbocycles. The van der Waals surface area contributed by atoms with E-state index in [9.17, 15) is 0 Å². The number of nitrogens with one attached hydrogen (secondary N) is 1. The minimum Gasteiger partial charge on any atom is -0.381 e. The van der Waals surface area contributed by atoms with Gasteiger partial charge in [0, 0.05) is 31.2 Å². The summed E-state index contributed by atoms with van der Waals surface area (Å²) in [5.74, 6) is 0.732. The Morgan fingerprint density at radius 2 is 2.18 bits per heavy atom. The summed E-state index contributed by atoms with van der Waals surface area (Å²) >= 11 is 0. The Bertz CT molecular complexity index is 232. The Labute approximate surface area is 106 Å². The molecule has 3 nitrogen and oxygen atoms in total. The largest absolute Gasteiger partial charge is 0.381 e. The third kappa shape index (κ3) is 3.94. The van der Waals surface area contributed by atoms with E-state index in [1.807, 2.05) is 0 Å². The van der Waals surface area contributed by atoms with E-state index in [-0.39, 0.29) is 0 Å². The number of ether oxygens (including phenoxy) is 1. The van der Waals surface area contributed by atoms with E-state index in [1.165, 1.54) is 25.8 Å². The van der Waals surface area contributed by atoms with Crippen molar-refractivity contribution in [2.75, 3.05) is 39.9 Å². The average Bonchev–Trinajstić information content (AvgIpc) is 3.01. The van der Waals surface area contributed by atoms with Crippen LogP contribution in [0.15, 0.2) is 0 Å². The highest BCUT2D eigenvalue weighted by Crippen LogP contribution is 2.33. The lowest BCUT2D eigenvalue weighted by atomic mass is 9.86. The Morgan fingerprint density at radius 3 is 2.71 bits per heavy atom. The lowest BCUT2D eigenvalue weighted by Gasteiger charge is -2.33. The molecule has 2 aliphatic rings. The number of hydrogen-bond acceptors (Lipinski definition) is 3. The van der Waals surface area contributed by atoms with Crippen LogP contribution in [0, 0.1) is 11.3 Å². The lowest BCUT2D eigenvalue weighted by molar-refractivity contribution is 0.115. The van der Waals surface area contributed by atoms with Crippen LogP contribution in [0.3, 0.4) is 0 Å². The standard InChI is InChI=1S/C14H28N2O/c1-12(2)8-15-9-14(6-7-17-11-14)10-16(3)13-4-5-13/h12-13,15H,4-11H2,1-3H3. The van der Waals surface area contributed by atoms with Gasteiger partial charge in [-0.1, -0.05) is 13.8 Å². The molecule has 0 bridgehead atoms. The van der Waals surface area contributed by atoms with Gasteiger partial charge in [0.05, 0.1) is 6.61 Å². The van der Waals surface area contributed by atoms with Gasteiger partial charge in [0.2, 0.25) is 0 Å². The summed E-state index contributed by atoms with van der Waals surface area (Å²) in [6.07, 6.45) is 4.01. The first-order valence-corrected chi connectivity index (χ1v) is 7.10.